The summed E-state index contributed by atoms with van der Waals surface area (Å²) in [6.45, 7) is 0. The quantitative estimate of drug-likeness (QED) is 0.298. The van der Waals surface area contributed by atoms with E-state index in [1.807, 2.05) is 5.38 Å². The summed E-state index contributed by atoms with van der Waals surface area (Å²) in [5.41, 5.74) is 2.45. The zero-order valence-corrected chi connectivity index (χ0v) is 17.9. The molecule has 1 atom stereocenters. The second kappa shape index (κ2) is 8.36. The molecule has 0 radical (unpaired) electrons. The smallest absolute Gasteiger partial charge is 0.238 e. The topological polar surface area (TPSA) is 54.9 Å². The van der Waals surface area contributed by atoms with Gasteiger partial charge in [0.05, 0.1) is 5.39 Å². The molecule has 1 saturated carbocycles. The van der Waals surface area contributed by atoms with Crippen LogP contribution in [0.1, 0.15) is 23.7 Å². The second-order valence-corrected chi connectivity index (χ2v) is 9.30. The highest BCUT2D eigenvalue weighted by Gasteiger charge is 2.30. The van der Waals surface area contributed by atoms with E-state index in [1.165, 1.54) is 53.7 Å². The summed E-state index contributed by atoms with van der Waals surface area (Å²) in [5.74, 6) is -0.775. The van der Waals surface area contributed by atoms with Crippen molar-refractivity contribution in [1.82, 2.24) is 15.3 Å². The zero-order valence-electron chi connectivity index (χ0n) is 16.2. The van der Waals surface area contributed by atoms with Crippen molar-refractivity contribution >= 4 is 39.2 Å². The van der Waals surface area contributed by atoms with E-state index in [0.29, 0.717) is 10.6 Å². The van der Waals surface area contributed by atoms with Crippen LogP contribution < -0.4 is 5.32 Å². The predicted molar refractivity (Wildman–Crippen MR) is 119 cm³/mol. The normalized spacial score (nSPS) is 14.5. The number of thioether (sulfide) groups is 1. The van der Waals surface area contributed by atoms with E-state index >= 15 is 0 Å². The van der Waals surface area contributed by atoms with Gasteiger partial charge in [-0.25, -0.2) is 18.7 Å². The van der Waals surface area contributed by atoms with E-state index in [0.717, 1.165) is 34.2 Å². The molecule has 0 spiro atoms. The molecule has 4 nitrogen and oxygen atoms in total. The molecule has 0 unspecified atom stereocenters. The lowest BCUT2D eigenvalue weighted by Crippen LogP contribution is -2.29. The van der Waals surface area contributed by atoms with Gasteiger partial charge in [-0.3, -0.25) is 4.79 Å². The predicted octanol–water partition coefficient (Wildman–Crippen LogP) is 5.75. The molecule has 1 amide bonds. The maximum Gasteiger partial charge on any atom is 0.238 e. The summed E-state index contributed by atoms with van der Waals surface area (Å²) < 4.78 is 26.9. The van der Waals surface area contributed by atoms with Crippen LogP contribution in [0.4, 0.5) is 8.78 Å². The number of amides is 1. The number of carbonyl (C=O) groups excluding carboxylic acids is 1. The lowest BCUT2D eigenvalue weighted by molar-refractivity contribution is -0.120. The van der Waals surface area contributed by atoms with Gasteiger partial charge in [0.1, 0.15) is 33.1 Å². The van der Waals surface area contributed by atoms with Gasteiger partial charge in [0, 0.05) is 17.0 Å². The van der Waals surface area contributed by atoms with Crippen LogP contribution in [0.15, 0.2) is 65.3 Å². The molecule has 1 aliphatic carbocycles. The first-order valence-electron chi connectivity index (χ1n) is 9.79. The van der Waals surface area contributed by atoms with Crippen molar-refractivity contribution in [2.75, 3.05) is 0 Å². The molecule has 8 heteroatoms. The third kappa shape index (κ3) is 4.31. The molecule has 156 valence electrons. The number of halogens is 2. The Hall–Kier alpha value is -2.84. The number of carbonyl (C=O) groups is 1. The van der Waals surface area contributed by atoms with Gasteiger partial charge in [0.25, 0.3) is 0 Å². The Morgan fingerprint density at radius 1 is 1.03 bits per heavy atom. The fourth-order valence-corrected chi connectivity index (χ4v) is 5.41. The van der Waals surface area contributed by atoms with Gasteiger partial charge in [-0.15, -0.1) is 11.3 Å². The van der Waals surface area contributed by atoms with Crippen LogP contribution in [0.25, 0.3) is 21.3 Å². The summed E-state index contributed by atoms with van der Waals surface area (Å²) >= 11 is 2.79. The highest BCUT2D eigenvalue weighted by atomic mass is 32.2. The summed E-state index contributed by atoms with van der Waals surface area (Å²) in [5, 5.41) is 5.92. The number of rotatable bonds is 6. The van der Waals surface area contributed by atoms with Crippen molar-refractivity contribution < 1.29 is 13.6 Å². The van der Waals surface area contributed by atoms with E-state index in [4.69, 9.17) is 0 Å². The molecule has 5 rings (SSSR count). The summed E-state index contributed by atoms with van der Waals surface area (Å²) in [6.07, 6.45) is 3.43. The van der Waals surface area contributed by atoms with Gasteiger partial charge < -0.3 is 5.32 Å². The molecule has 2 aromatic heterocycles. The molecular formula is C23H17F2N3OS2. The minimum atomic E-state index is -0.583. The van der Waals surface area contributed by atoms with Crippen LogP contribution in [-0.2, 0) is 4.79 Å². The maximum absolute atomic E-state index is 13.5. The number of aromatic nitrogens is 2. The molecule has 0 saturated heterocycles. The lowest BCUT2D eigenvalue weighted by Gasteiger charge is -2.17. The Morgan fingerprint density at radius 3 is 2.39 bits per heavy atom. The van der Waals surface area contributed by atoms with Crippen molar-refractivity contribution in [1.29, 1.82) is 0 Å². The third-order valence-electron chi connectivity index (χ3n) is 5.05. The van der Waals surface area contributed by atoms with E-state index in [1.54, 1.807) is 24.3 Å². The van der Waals surface area contributed by atoms with Crippen molar-refractivity contribution in [2.24, 2.45) is 0 Å². The average Bonchev–Trinajstić information content (AvgIpc) is 3.48. The zero-order chi connectivity index (χ0) is 21.4. The van der Waals surface area contributed by atoms with Crippen LogP contribution in [-0.4, -0.2) is 21.9 Å². The lowest BCUT2D eigenvalue weighted by atomic mass is 10.1. The van der Waals surface area contributed by atoms with Crippen LogP contribution in [0.2, 0.25) is 0 Å². The SMILES string of the molecule is O=C(NC1CC1)[C@H](Sc1ncnc2scc(-c3ccc(F)cc3)c12)c1ccc(F)cc1. The average molecular weight is 454 g/mol. The maximum atomic E-state index is 13.5. The van der Waals surface area contributed by atoms with Crippen LogP contribution in [0.3, 0.4) is 0 Å². The number of hydrogen-bond donors (Lipinski definition) is 1. The fraction of sp³-hybridized carbons (Fsp3) is 0.174. The van der Waals surface area contributed by atoms with E-state index in [-0.39, 0.29) is 23.6 Å². The largest absolute Gasteiger partial charge is 0.352 e. The van der Waals surface area contributed by atoms with Crippen LogP contribution >= 0.6 is 23.1 Å². The Morgan fingerprint density at radius 2 is 1.71 bits per heavy atom. The molecule has 31 heavy (non-hydrogen) atoms. The molecule has 1 fully saturated rings. The third-order valence-corrected chi connectivity index (χ3v) is 7.20. The monoisotopic (exact) mass is 453 g/mol. The van der Waals surface area contributed by atoms with Crippen molar-refractivity contribution in [3.8, 4) is 11.1 Å². The van der Waals surface area contributed by atoms with E-state index in [9.17, 15) is 13.6 Å². The number of nitrogens with one attached hydrogen (secondary N) is 1. The molecule has 1 N–H and O–H groups in total. The Labute approximate surface area is 185 Å². The molecular weight excluding hydrogens is 436 g/mol. The van der Waals surface area contributed by atoms with Crippen molar-refractivity contribution in [2.45, 2.75) is 29.2 Å². The van der Waals surface area contributed by atoms with Crippen molar-refractivity contribution in [3.05, 3.63) is 77.4 Å². The summed E-state index contributed by atoms with van der Waals surface area (Å²) in [7, 11) is 0. The van der Waals surface area contributed by atoms with Gasteiger partial charge in [-0.1, -0.05) is 36.0 Å². The van der Waals surface area contributed by atoms with E-state index in [2.05, 4.69) is 15.3 Å². The Balaban J connectivity index is 1.56. The number of nitrogens with zero attached hydrogens (tertiary/aromatic N) is 2. The number of thiophene rings is 1. The molecule has 4 aromatic rings. The van der Waals surface area contributed by atoms with Gasteiger partial charge in [0.15, 0.2) is 0 Å². The highest BCUT2D eigenvalue weighted by Crippen LogP contribution is 2.43. The van der Waals surface area contributed by atoms with Gasteiger partial charge >= 0.3 is 0 Å². The number of benzene rings is 2. The first-order chi connectivity index (χ1) is 15.1. The first-order valence-corrected chi connectivity index (χ1v) is 11.5. The molecule has 2 aromatic carbocycles. The molecule has 1 aliphatic rings. The van der Waals surface area contributed by atoms with E-state index < -0.39 is 5.25 Å². The van der Waals surface area contributed by atoms with Crippen LogP contribution in [0.5, 0.6) is 0 Å². The van der Waals surface area contributed by atoms with Crippen LogP contribution in [0, 0.1) is 11.6 Å². The Kier molecular flexibility index (Phi) is 5.41. The van der Waals surface area contributed by atoms with Gasteiger partial charge in [-0.2, -0.15) is 0 Å². The molecule has 2 heterocycles. The van der Waals surface area contributed by atoms with Crippen molar-refractivity contribution in [3.63, 3.8) is 0 Å². The summed E-state index contributed by atoms with van der Waals surface area (Å²) in [6, 6.07) is 12.5. The number of hydrogen-bond acceptors (Lipinski definition) is 5. The second-order valence-electron chi connectivity index (χ2n) is 7.35. The molecule has 0 aliphatic heterocycles. The fourth-order valence-electron chi connectivity index (χ4n) is 3.31. The highest BCUT2D eigenvalue weighted by molar-refractivity contribution is 8.00. The minimum absolute atomic E-state index is 0.121. The standard InChI is InChI=1S/C23H17F2N3OS2/c24-15-5-1-13(2-6-15)18-11-30-22-19(18)23(27-12-26-22)31-20(21(29)28-17-9-10-17)14-3-7-16(25)8-4-14/h1-8,11-12,17,20H,9-10H2,(H,28,29)/t20-/m1/s1. The summed E-state index contributed by atoms with van der Waals surface area (Å²) in [4.78, 5) is 22.7. The molecule has 0 bridgehead atoms. The van der Waals surface area contributed by atoms with Gasteiger partial charge in [-0.05, 0) is 48.2 Å². The number of fused-ring (bicyclic) bond motifs is 1. The first kappa shape index (κ1) is 20.1. The van der Waals surface area contributed by atoms with Gasteiger partial charge in [0.2, 0.25) is 5.91 Å². The minimum Gasteiger partial charge on any atom is -0.352 e. The Bertz CT molecular complexity index is 1240.